The smallest absolute Gasteiger partial charge is 0.257 e. The lowest BCUT2D eigenvalue weighted by Gasteiger charge is -2.05. The van der Waals surface area contributed by atoms with E-state index in [2.05, 4.69) is 19.9 Å². The van der Waals surface area contributed by atoms with Gasteiger partial charge in [0.1, 0.15) is 0 Å². The summed E-state index contributed by atoms with van der Waals surface area (Å²) in [7, 11) is 1.48. The number of nitrogen functional groups attached to an aromatic ring is 2. The van der Waals surface area contributed by atoms with Crippen LogP contribution in [0, 0.1) is 0 Å². The summed E-state index contributed by atoms with van der Waals surface area (Å²) < 4.78 is 4.95. The third-order valence-corrected chi connectivity index (χ3v) is 5.30. The van der Waals surface area contributed by atoms with Crippen LogP contribution in [0.1, 0.15) is 0 Å². The highest BCUT2D eigenvalue weighted by Gasteiger charge is 2.09. The Balaban J connectivity index is 0.000000166. The molecule has 29 heavy (non-hydrogen) atoms. The molecule has 0 saturated carbocycles. The summed E-state index contributed by atoms with van der Waals surface area (Å²) in [5.74, 6) is 0.682. The lowest BCUT2D eigenvalue weighted by atomic mass is 10.3. The van der Waals surface area contributed by atoms with Gasteiger partial charge in [-0.05, 0) is 24.3 Å². The first-order valence-corrected chi connectivity index (χ1v) is 9.62. The molecule has 12 heteroatoms. The fourth-order valence-electron chi connectivity index (χ4n) is 2.24. The van der Waals surface area contributed by atoms with E-state index < -0.39 is 0 Å². The SMILES string of the molecule is COc1nc2cc(Cl)c(Cl)cc2nc1N.Nc1nc2cc(Cl)c(Cl)cc2nc1Cl. The van der Waals surface area contributed by atoms with Crippen LogP contribution in [0.4, 0.5) is 11.6 Å². The van der Waals surface area contributed by atoms with Gasteiger partial charge in [-0.2, -0.15) is 0 Å². The molecule has 0 fully saturated rings. The van der Waals surface area contributed by atoms with Gasteiger partial charge in [0.25, 0.3) is 5.88 Å². The van der Waals surface area contributed by atoms with E-state index in [1.54, 1.807) is 24.3 Å². The Bertz CT molecular complexity index is 1150. The normalized spacial score (nSPS) is 10.7. The van der Waals surface area contributed by atoms with Crippen molar-refractivity contribution >= 4 is 91.7 Å². The number of rotatable bonds is 1. The molecule has 0 aliphatic carbocycles. The van der Waals surface area contributed by atoms with E-state index in [1.807, 2.05) is 0 Å². The topological polar surface area (TPSA) is 113 Å². The van der Waals surface area contributed by atoms with Gasteiger partial charge in [0.05, 0.1) is 49.3 Å². The molecule has 2 aromatic heterocycles. The van der Waals surface area contributed by atoms with Crippen molar-refractivity contribution in [3.05, 3.63) is 49.5 Å². The highest BCUT2D eigenvalue weighted by molar-refractivity contribution is 6.43. The first-order chi connectivity index (χ1) is 13.7. The minimum absolute atomic E-state index is 0.163. The van der Waals surface area contributed by atoms with E-state index in [9.17, 15) is 0 Å². The van der Waals surface area contributed by atoms with Crippen molar-refractivity contribution in [2.45, 2.75) is 0 Å². The maximum absolute atomic E-state index is 5.85. The molecule has 0 bridgehead atoms. The van der Waals surface area contributed by atoms with E-state index in [4.69, 9.17) is 74.2 Å². The molecule has 0 aliphatic heterocycles. The van der Waals surface area contributed by atoms with Gasteiger partial charge >= 0.3 is 0 Å². The number of hydrogen-bond donors (Lipinski definition) is 2. The summed E-state index contributed by atoms with van der Waals surface area (Å²) in [6, 6.07) is 6.42. The molecule has 2 aromatic carbocycles. The molecule has 0 radical (unpaired) electrons. The molecule has 0 saturated heterocycles. The Morgan fingerprint density at radius 2 is 1.00 bits per heavy atom. The summed E-state index contributed by atoms with van der Waals surface area (Å²) >= 11 is 29.0. The molecule has 4 aromatic rings. The molecule has 7 nitrogen and oxygen atoms in total. The number of hydrogen-bond acceptors (Lipinski definition) is 7. The zero-order chi connectivity index (χ0) is 21.3. The average molecular weight is 493 g/mol. The minimum atomic E-state index is 0.163. The fourth-order valence-corrected chi connectivity index (χ4v) is 3.01. The minimum Gasteiger partial charge on any atom is -0.478 e. The molecule has 0 unspecified atom stereocenters. The van der Waals surface area contributed by atoms with Crippen LogP contribution in [-0.4, -0.2) is 27.0 Å². The number of aromatic nitrogens is 4. The van der Waals surface area contributed by atoms with E-state index >= 15 is 0 Å². The summed E-state index contributed by atoms with van der Waals surface area (Å²) in [6.07, 6.45) is 0. The molecule has 0 atom stereocenters. The first-order valence-electron chi connectivity index (χ1n) is 7.73. The number of nitrogens with zero attached hydrogens (tertiary/aromatic N) is 4. The zero-order valence-corrected chi connectivity index (χ0v) is 18.3. The van der Waals surface area contributed by atoms with Gasteiger partial charge in [-0.25, -0.2) is 19.9 Å². The van der Waals surface area contributed by atoms with Crippen molar-refractivity contribution in [2.24, 2.45) is 0 Å². The van der Waals surface area contributed by atoms with E-state index in [0.29, 0.717) is 42.2 Å². The van der Waals surface area contributed by atoms with Crippen molar-refractivity contribution < 1.29 is 4.74 Å². The van der Waals surface area contributed by atoms with Gasteiger partial charge in [0.15, 0.2) is 16.8 Å². The Kier molecular flexibility index (Phi) is 6.55. The third kappa shape index (κ3) is 4.76. The highest BCUT2D eigenvalue weighted by Crippen LogP contribution is 2.29. The summed E-state index contributed by atoms with van der Waals surface area (Å²) in [5, 5.41) is 1.83. The van der Waals surface area contributed by atoms with Crippen molar-refractivity contribution in [1.29, 1.82) is 0 Å². The molecule has 0 aliphatic rings. The number of anilines is 2. The van der Waals surface area contributed by atoms with Gasteiger partial charge in [0, 0.05) is 0 Å². The van der Waals surface area contributed by atoms with Gasteiger partial charge in [-0.3, -0.25) is 0 Å². The number of nitrogens with two attached hydrogens (primary N) is 2. The second-order valence-corrected chi connectivity index (χ2v) is 7.51. The van der Waals surface area contributed by atoms with E-state index in [-0.39, 0.29) is 22.7 Å². The second-order valence-electron chi connectivity index (χ2n) is 5.53. The first kappa shape index (κ1) is 21.7. The fraction of sp³-hybridized carbons (Fsp3) is 0.0588. The molecule has 4 rings (SSSR count). The highest BCUT2D eigenvalue weighted by atomic mass is 35.5. The van der Waals surface area contributed by atoms with Gasteiger partial charge in [-0.15, -0.1) is 0 Å². The molecular weight excluding hydrogens is 481 g/mol. The number of halogens is 5. The molecule has 2 heterocycles. The zero-order valence-electron chi connectivity index (χ0n) is 14.6. The van der Waals surface area contributed by atoms with Gasteiger partial charge in [0.2, 0.25) is 0 Å². The molecule has 0 spiro atoms. The molecule has 4 N–H and O–H groups in total. The van der Waals surface area contributed by atoms with Crippen molar-refractivity contribution in [1.82, 2.24) is 19.9 Å². The maximum Gasteiger partial charge on any atom is 0.257 e. The number of ether oxygens (including phenoxy) is 1. The number of benzene rings is 2. The Labute approximate surface area is 189 Å². The lowest BCUT2D eigenvalue weighted by molar-refractivity contribution is 0.400. The Morgan fingerprint density at radius 3 is 1.45 bits per heavy atom. The van der Waals surface area contributed by atoms with Gasteiger partial charge in [-0.1, -0.05) is 58.0 Å². The van der Waals surface area contributed by atoms with Crippen LogP contribution in [0.15, 0.2) is 24.3 Å². The molecule has 0 amide bonds. The van der Waals surface area contributed by atoms with E-state index in [1.165, 1.54) is 7.11 Å². The molecular formula is C17H11Cl5N6O. The van der Waals surface area contributed by atoms with Crippen LogP contribution in [0.25, 0.3) is 22.1 Å². The Morgan fingerprint density at radius 1 is 0.621 bits per heavy atom. The van der Waals surface area contributed by atoms with Crippen LogP contribution in [-0.2, 0) is 0 Å². The molecule has 150 valence electrons. The maximum atomic E-state index is 5.85. The van der Waals surface area contributed by atoms with Crippen LogP contribution in [0.3, 0.4) is 0 Å². The third-order valence-electron chi connectivity index (χ3n) is 3.58. The van der Waals surface area contributed by atoms with Crippen LogP contribution in [0.2, 0.25) is 25.2 Å². The predicted octanol–water partition coefficient (Wildman–Crippen LogP) is 5.70. The average Bonchev–Trinajstić information content (AvgIpc) is 2.66. The summed E-state index contributed by atoms with van der Waals surface area (Å²) in [6.45, 7) is 0. The van der Waals surface area contributed by atoms with Crippen LogP contribution >= 0.6 is 58.0 Å². The van der Waals surface area contributed by atoms with Crippen LogP contribution < -0.4 is 16.2 Å². The summed E-state index contributed by atoms with van der Waals surface area (Å²) in [5.41, 5.74) is 13.4. The summed E-state index contributed by atoms with van der Waals surface area (Å²) in [4.78, 5) is 16.3. The van der Waals surface area contributed by atoms with Gasteiger partial charge < -0.3 is 16.2 Å². The van der Waals surface area contributed by atoms with Crippen LogP contribution in [0.5, 0.6) is 5.88 Å². The predicted molar refractivity (Wildman–Crippen MR) is 120 cm³/mol. The Hall–Kier alpha value is -2.03. The van der Waals surface area contributed by atoms with Crippen molar-refractivity contribution in [2.75, 3.05) is 18.6 Å². The van der Waals surface area contributed by atoms with Crippen molar-refractivity contribution in [3.63, 3.8) is 0 Å². The number of methoxy groups -OCH3 is 1. The lowest BCUT2D eigenvalue weighted by Crippen LogP contribution is -1.99. The number of fused-ring (bicyclic) bond motifs is 2. The quantitative estimate of drug-likeness (QED) is 0.350. The van der Waals surface area contributed by atoms with Crippen molar-refractivity contribution in [3.8, 4) is 5.88 Å². The second kappa shape index (κ2) is 8.77. The monoisotopic (exact) mass is 490 g/mol. The van der Waals surface area contributed by atoms with E-state index in [0.717, 1.165) is 0 Å². The standard InChI is InChI=1S/C9H7Cl2N3O.C8H4Cl3N3/c1-15-9-8(12)13-6-2-4(10)5(11)3-7(6)14-9;9-3-1-5-6(2-4(3)10)14-8(12)7(11)13-5/h2-3H,1H3,(H2,12,13);1-2H,(H2,12,14). The largest absolute Gasteiger partial charge is 0.478 e.